The highest BCUT2D eigenvalue weighted by atomic mass is 32.1. The zero-order valence-electron chi connectivity index (χ0n) is 16.1. The summed E-state index contributed by atoms with van der Waals surface area (Å²) < 4.78 is 10.7. The number of furan rings is 1. The molecular weight excluding hydrogens is 386 g/mol. The molecular formula is C23H21NO4S. The Morgan fingerprint density at radius 1 is 1.17 bits per heavy atom. The van der Waals surface area contributed by atoms with Crippen LogP contribution in [0.2, 0.25) is 0 Å². The van der Waals surface area contributed by atoms with Gasteiger partial charge in [0.25, 0.3) is 5.91 Å². The first-order valence-corrected chi connectivity index (χ1v) is 10.4. The van der Waals surface area contributed by atoms with Crippen LogP contribution in [0.3, 0.4) is 0 Å². The second-order valence-electron chi connectivity index (χ2n) is 6.68. The molecule has 1 aliphatic carbocycles. The standard InChI is InChI=1S/C23H21NO4S/c1-2-27-23(26)20-17-11-6-12-19(17)29-22(20)24-21(25)18(14-16-10-7-13-28-16)15-8-4-3-5-9-15/h3-5,7-10,13-14H,2,6,11-12H2,1H3,(H,24,25)/b18-14+. The molecule has 0 bridgehead atoms. The molecule has 1 aliphatic rings. The molecule has 5 nitrogen and oxygen atoms in total. The predicted octanol–water partition coefficient (Wildman–Crippen LogP) is 5.19. The average molecular weight is 407 g/mol. The number of hydrogen-bond donors (Lipinski definition) is 1. The van der Waals surface area contributed by atoms with Gasteiger partial charge in [-0.05, 0) is 55.5 Å². The van der Waals surface area contributed by atoms with E-state index in [0.717, 1.165) is 35.3 Å². The highest BCUT2D eigenvalue weighted by molar-refractivity contribution is 7.17. The maximum atomic E-state index is 13.2. The van der Waals surface area contributed by atoms with Gasteiger partial charge in [-0.1, -0.05) is 30.3 Å². The van der Waals surface area contributed by atoms with Gasteiger partial charge in [0.1, 0.15) is 10.8 Å². The summed E-state index contributed by atoms with van der Waals surface area (Å²) in [5.41, 5.74) is 2.75. The van der Waals surface area contributed by atoms with Gasteiger partial charge >= 0.3 is 5.97 Å². The summed E-state index contributed by atoms with van der Waals surface area (Å²) in [6.45, 7) is 2.08. The third-order valence-corrected chi connectivity index (χ3v) is 5.99. The number of carbonyl (C=O) groups is 2. The van der Waals surface area contributed by atoms with Crippen molar-refractivity contribution in [1.82, 2.24) is 0 Å². The van der Waals surface area contributed by atoms with E-state index in [1.165, 1.54) is 11.3 Å². The number of carbonyl (C=O) groups excluding carboxylic acids is 2. The Hall–Kier alpha value is -3.12. The van der Waals surface area contributed by atoms with Crippen molar-refractivity contribution in [2.24, 2.45) is 0 Å². The maximum absolute atomic E-state index is 13.2. The van der Waals surface area contributed by atoms with E-state index in [1.54, 1.807) is 31.4 Å². The van der Waals surface area contributed by atoms with Crippen molar-refractivity contribution in [3.8, 4) is 0 Å². The fraction of sp³-hybridized carbons (Fsp3) is 0.217. The van der Waals surface area contributed by atoms with Crippen molar-refractivity contribution in [3.63, 3.8) is 0 Å². The van der Waals surface area contributed by atoms with E-state index in [2.05, 4.69) is 5.32 Å². The van der Waals surface area contributed by atoms with Crippen LogP contribution >= 0.6 is 11.3 Å². The van der Waals surface area contributed by atoms with Gasteiger partial charge in [0.15, 0.2) is 0 Å². The molecule has 2 aromatic heterocycles. The second kappa shape index (κ2) is 8.49. The van der Waals surface area contributed by atoms with Crippen LogP contribution in [0, 0.1) is 0 Å². The average Bonchev–Trinajstić information content (AvgIpc) is 3.44. The van der Waals surface area contributed by atoms with Gasteiger partial charge in [0, 0.05) is 4.88 Å². The molecule has 0 spiro atoms. The lowest BCUT2D eigenvalue weighted by Crippen LogP contribution is -2.16. The van der Waals surface area contributed by atoms with E-state index in [-0.39, 0.29) is 11.9 Å². The van der Waals surface area contributed by atoms with E-state index in [9.17, 15) is 9.59 Å². The van der Waals surface area contributed by atoms with Gasteiger partial charge in [0.05, 0.1) is 24.0 Å². The summed E-state index contributed by atoms with van der Waals surface area (Å²) in [6, 6.07) is 13.0. The minimum Gasteiger partial charge on any atom is -0.465 e. The molecule has 4 rings (SSSR count). The van der Waals surface area contributed by atoms with Crippen LogP contribution in [-0.4, -0.2) is 18.5 Å². The highest BCUT2D eigenvalue weighted by Gasteiger charge is 2.29. The van der Waals surface area contributed by atoms with E-state index >= 15 is 0 Å². The summed E-state index contributed by atoms with van der Waals surface area (Å²) in [6.07, 6.45) is 6.06. The number of ether oxygens (including phenoxy) is 1. The van der Waals surface area contributed by atoms with E-state index in [1.807, 2.05) is 30.3 Å². The van der Waals surface area contributed by atoms with Crippen molar-refractivity contribution in [2.45, 2.75) is 26.2 Å². The number of nitrogens with one attached hydrogen (secondary N) is 1. The Bertz CT molecular complexity index is 1050. The number of hydrogen-bond acceptors (Lipinski definition) is 5. The normalized spacial score (nSPS) is 13.2. The van der Waals surface area contributed by atoms with Crippen LogP contribution in [0.5, 0.6) is 0 Å². The van der Waals surface area contributed by atoms with Crippen molar-refractivity contribution in [1.29, 1.82) is 0 Å². The van der Waals surface area contributed by atoms with Crippen LogP contribution in [0.15, 0.2) is 53.1 Å². The van der Waals surface area contributed by atoms with Crippen LogP contribution in [-0.2, 0) is 22.4 Å². The van der Waals surface area contributed by atoms with Gasteiger partial charge in [-0.3, -0.25) is 4.79 Å². The number of aryl methyl sites for hydroxylation is 1. The number of fused-ring (bicyclic) bond motifs is 1. The van der Waals surface area contributed by atoms with Crippen LogP contribution in [0.1, 0.15) is 45.5 Å². The van der Waals surface area contributed by atoms with Gasteiger partial charge in [-0.15, -0.1) is 11.3 Å². The molecule has 0 unspecified atom stereocenters. The first-order chi connectivity index (χ1) is 14.2. The second-order valence-corrected chi connectivity index (χ2v) is 7.78. The number of esters is 1. The molecule has 6 heteroatoms. The van der Waals surface area contributed by atoms with Crippen molar-refractivity contribution >= 4 is 39.9 Å². The van der Waals surface area contributed by atoms with E-state index < -0.39 is 0 Å². The Balaban J connectivity index is 1.69. The SMILES string of the molecule is CCOC(=O)c1c(NC(=O)/C(=C/c2ccco2)c2ccccc2)sc2c1CCC2. The first kappa shape index (κ1) is 19.2. The molecule has 0 saturated heterocycles. The molecule has 0 saturated carbocycles. The lowest BCUT2D eigenvalue weighted by molar-refractivity contribution is -0.111. The smallest absolute Gasteiger partial charge is 0.341 e. The monoisotopic (exact) mass is 407 g/mol. The summed E-state index contributed by atoms with van der Waals surface area (Å²) in [5, 5.41) is 3.51. The Kier molecular flexibility index (Phi) is 5.62. The number of benzene rings is 1. The molecule has 0 aliphatic heterocycles. The Labute approximate surface area is 173 Å². The summed E-state index contributed by atoms with van der Waals surface area (Å²) in [4.78, 5) is 27.0. The molecule has 2 heterocycles. The molecule has 3 aromatic rings. The van der Waals surface area contributed by atoms with Crippen molar-refractivity contribution < 1.29 is 18.7 Å². The highest BCUT2D eigenvalue weighted by Crippen LogP contribution is 2.40. The summed E-state index contributed by atoms with van der Waals surface area (Å²) in [7, 11) is 0. The van der Waals surface area contributed by atoms with Gasteiger partial charge in [0.2, 0.25) is 0 Å². The van der Waals surface area contributed by atoms with E-state index in [0.29, 0.717) is 28.5 Å². The zero-order chi connectivity index (χ0) is 20.2. The fourth-order valence-corrected chi connectivity index (χ4v) is 4.77. The molecule has 148 valence electrons. The minimum absolute atomic E-state index is 0.293. The van der Waals surface area contributed by atoms with Gasteiger partial charge in [-0.25, -0.2) is 4.79 Å². The molecule has 1 amide bonds. The number of rotatable bonds is 6. The molecule has 0 atom stereocenters. The van der Waals surface area contributed by atoms with Crippen LogP contribution < -0.4 is 5.32 Å². The van der Waals surface area contributed by atoms with Crippen LogP contribution in [0.4, 0.5) is 5.00 Å². The lowest BCUT2D eigenvalue weighted by atomic mass is 10.0. The topological polar surface area (TPSA) is 68.5 Å². The van der Waals surface area contributed by atoms with Crippen molar-refractivity contribution in [2.75, 3.05) is 11.9 Å². The summed E-state index contributed by atoms with van der Waals surface area (Å²) in [5.74, 6) is -0.0881. The zero-order valence-corrected chi connectivity index (χ0v) is 16.9. The van der Waals surface area contributed by atoms with E-state index in [4.69, 9.17) is 9.15 Å². The first-order valence-electron chi connectivity index (χ1n) is 9.61. The maximum Gasteiger partial charge on any atom is 0.341 e. The molecule has 29 heavy (non-hydrogen) atoms. The third kappa shape index (κ3) is 4.03. The van der Waals surface area contributed by atoms with Crippen molar-refractivity contribution in [3.05, 3.63) is 76.1 Å². The summed E-state index contributed by atoms with van der Waals surface area (Å²) >= 11 is 1.47. The Morgan fingerprint density at radius 2 is 2.00 bits per heavy atom. The lowest BCUT2D eigenvalue weighted by Gasteiger charge is -2.10. The Morgan fingerprint density at radius 3 is 2.72 bits per heavy atom. The quantitative estimate of drug-likeness (QED) is 0.451. The third-order valence-electron chi connectivity index (χ3n) is 4.79. The largest absolute Gasteiger partial charge is 0.465 e. The molecule has 0 radical (unpaired) electrons. The number of thiophene rings is 1. The number of amides is 1. The molecule has 1 N–H and O–H groups in total. The molecule has 0 fully saturated rings. The molecule has 1 aromatic carbocycles. The van der Waals surface area contributed by atoms with Crippen LogP contribution in [0.25, 0.3) is 11.6 Å². The van der Waals surface area contributed by atoms with Gasteiger partial charge in [-0.2, -0.15) is 0 Å². The number of anilines is 1. The fourth-order valence-electron chi connectivity index (χ4n) is 3.50. The minimum atomic E-state index is -0.376. The predicted molar refractivity (Wildman–Crippen MR) is 114 cm³/mol. The van der Waals surface area contributed by atoms with Gasteiger partial charge < -0.3 is 14.5 Å².